The molecule has 0 saturated carbocycles. The highest BCUT2D eigenvalue weighted by Gasteiger charge is 2.13. The van der Waals surface area contributed by atoms with Crippen LogP contribution in [0.3, 0.4) is 0 Å². The van der Waals surface area contributed by atoms with E-state index in [2.05, 4.69) is 9.05 Å². The smallest absolute Gasteiger partial charge is 0.394 e. The topological polar surface area (TPSA) is 116 Å². The van der Waals surface area contributed by atoms with Gasteiger partial charge < -0.3 is 20.2 Å². The lowest BCUT2D eigenvalue weighted by Gasteiger charge is -2.01. The lowest BCUT2D eigenvalue weighted by molar-refractivity contribution is 0.0450. The van der Waals surface area contributed by atoms with Crippen molar-refractivity contribution in [1.82, 2.24) is 0 Å². The van der Waals surface area contributed by atoms with Crippen LogP contribution in [0.25, 0.3) is 0 Å². The maximum absolute atomic E-state index is 10.1. The second kappa shape index (κ2) is 8.58. The van der Waals surface area contributed by atoms with Gasteiger partial charge in [0.15, 0.2) is 0 Å². The molecule has 0 amide bonds. The molecule has 0 rings (SSSR count). The van der Waals surface area contributed by atoms with Crippen LogP contribution >= 0.6 is 7.82 Å². The Morgan fingerprint density at radius 1 is 1.23 bits per heavy atom. The summed E-state index contributed by atoms with van der Waals surface area (Å²) in [5.41, 5.74) is 0. The van der Waals surface area contributed by atoms with Crippen LogP contribution in [0.15, 0.2) is 0 Å². The highest BCUT2D eigenvalue weighted by Crippen LogP contribution is 2.40. The average molecular weight is 218 g/mol. The summed E-state index contributed by atoms with van der Waals surface area (Å²) in [4.78, 5) is 8.24. The number of hydrogen-bond donors (Lipinski definition) is 4. The van der Waals surface area contributed by atoms with Crippen LogP contribution in [0.5, 0.6) is 0 Å². The first kappa shape index (κ1) is 15.5. The highest BCUT2D eigenvalue weighted by molar-refractivity contribution is 7.47. The highest BCUT2D eigenvalue weighted by atomic mass is 31.2. The van der Waals surface area contributed by atoms with Crippen molar-refractivity contribution in [3.05, 3.63) is 0 Å². The predicted octanol–water partition coefficient (Wildman–Crippen LogP) is -1.29. The fourth-order valence-electron chi connectivity index (χ4n) is 0.132. The largest absolute Gasteiger partial charge is 0.471 e. The molecule has 0 unspecified atom stereocenters. The molecule has 8 heteroatoms. The molecule has 0 radical (unpaired) electrons. The van der Waals surface area contributed by atoms with Gasteiger partial charge in [-0.25, -0.2) is 4.57 Å². The van der Waals surface area contributed by atoms with Gasteiger partial charge in [-0.05, 0) is 0 Å². The van der Waals surface area contributed by atoms with Crippen LogP contribution < -0.4 is 0 Å². The molecular formula is C5H15O7P. The van der Waals surface area contributed by atoms with Gasteiger partial charge >= 0.3 is 7.82 Å². The first-order valence-corrected chi connectivity index (χ1v) is 4.77. The Balaban J connectivity index is 0. The molecule has 82 valence electrons. The van der Waals surface area contributed by atoms with Crippen molar-refractivity contribution in [1.29, 1.82) is 0 Å². The van der Waals surface area contributed by atoms with Crippen LogP contribution in [-0.4, -0.2) is 53.8 Å². The number of phosphoric ester groups is 1. The van der Waals surface area contributed by atoms with Gasteiger partial charge in [-0.2, -0.15) is 0 Å². The number of hydrogen-bond acceptors (Lipinski definition) is 6. The molecule has 0 bridgehead atoms. The zero-order valence-electron chi connectivity index (χ0n) is 7.45. The van der Waals surface area contributed by atoms with Gasteiger partial charge in [-0.3, -0.25) is 9.05 Å². The van der Waals surface area contributed by atoms with E-state index in [4.69, 9.17) is 20.2 Å². The fraction of sp³-hybridized carbons (Fsp3) is 1.00. The Morgan fingerprint density at radius 3 is 1.54 bits per heavy atom. The van der Waals surface area contributed by atoms with E-state index in [0.717, 1.165) is 14.2 Å². The summed E-state index contributed by atoms with van der Waals surface area (Å²) in [7, 11) is -1.45. The summed E-state index contributed by atoms with van der Waals surface area (Å²) in [5.74, 6) is 0. The Kier molecular flexibility index (Phi) is 10.2. The molecule has 0 spiro atoms. The zero-order chi connectivity index (χ0) is 10.9. The van der Waals surface area contributed by atoms with Crippen LogP contribution in [0, 0.1) is 0 Å². The normalized spacial score (nSPS) is 11.0. The maximum atomic E-state index is 10.1. The van der Waals surface area contributed by atoms with Crippen molar-refractivity contribution in [3.63, 3.8) is 0 Å². The van der Waals surface area contributed by atoms with E-state index in [1.807, 2.05) is 0 Å². The summed E-state index contributed by atoms with van der Waals surface area (Å²) in [5, 5.41) is 24.0. The van der Waals surface area contributed by atoms with Crippen molar-refractivity contribution in [3.8, 4) is 0 Å². The predicted molar refractivity (Wildman–Crippen MR) is 44.0 cm³/mol. The Hall–Kier alpha value is -0.0100. The molecule has 0 saturated heterocycles. The minimum absolute atomic E-state index is 0.365. The second-order valence-electron chi connectivity index (χ2n) is 1.85. The van der Waals surface area contributed by atoms with Gasteiger partial charge in [0.2, 0.25) is 0 Å². The van der Waals surface area contributed by atoms with Gasteiger partial charge in [-0.15, -0.1) is 0 Å². The summed E-state index contributed by atoms with van der Waals surface area (Å²) in [6.45, 7) is -0.729. The number of phosphoric acid groups is 1. The molecule has 0 aliphatic carbocycles. The van der Waals surface area contributed by atoms with Gasteiger partial charge in [-0.1, -0.05) is 0 Å². The van der Waals surface area contributed by atoms with Gasteiger partial charge in [0.05, 0.1) is 13.2 Å². The van der Waals surface area contributed by atoms with Crippen molar-refractivity contribution in [2.24, 2.45) is 0 Å². The van der Waals surface area contributed by atoms with E-state index in [9.17, 15) is 4.57 Å². The lowest BCUT2D eigenvalue weighted by atomic mass is 10.4. The molecule has 4 N–H and O–H groups in total. The molecule has 0 heterocycles. The van der Waals surface area contributed by atoms with Gasteiger partial charge in [0.1, 0.15) is 6.10 Å². The van der Waals surface area contributed by atoms with Gasteiger partial charge in [0.25, 0.3) is 0 Å². The molecule has 0 aliphatic heterocycles. The molecule has 7 nitrogen and oxygen atoms in total. The minimum atomic E-state index is -3.65. The van der Waals surface area contributed by atoms with E-state index < -0.39 is 13.9 Å². The van der Waals surface area contributed by atoms with E-state index in [-0.39, 0.29) is 13.2 Å². The van der Waals surface area contributed by atoms with Crippen molar-refractivity contribution in [2.45, 2.75) is 6.10 Å². The Bertz CT molecular complexity index is 138. The molecule has 0 aromatic carbocycles. The first-order chi connectivity index (χ1) is 5.93. The molecule has 13 heavy (non-hydrogen) atoms. The zero-order valence-corrected chi connectivity index (χ0v) is 8.35. The third-order valence-electron chi connectivity index (χ3n) is 0.883. The first-order valence-electron chi connectivity index (χ1n) is 3.27. The minimum Gasteiger partial charge on any atom is -0.394 e. The van der Waals surface area contributed by atoms with Crippen LogP contribution in [0.4, 0.5) is 0 Å². The van der Waals surface area contributed by atoms with Crippen LogP contribution in [0.2, 0.25) is 0 Å². The molecule has 0 atom stereocenters. The van der Waals surface area contributed by atoms with E-state index >= 15 is 0 Å². The molecule has 0 fully saturated rings. The fourth-order valence-corrected chi connectivity index (χ4v) is 0.281. The Morgan fingerprint density at radius 2 is 1.54 bits per heavy atom. The summed E-state index contributed by atoms with van der Waals surface area (Å²) in [6, 6.07) is 0. The third-order valence-corrected chi connectivity index (χ3v) is 1.81. The van der Waals surface area contributed by atoms with Crippen LogP contribution in [0.1, 0.15) is 0 Å². The molecular weight excluding hydrogens is 203 g/mol. The van der Waals surface area contributed by atoms with E-state index in [1.165, 1.54) is 0 Å². The average Bonchev–Trinajstić information content (AvgIpc) is 2.17. The van der Waals surface area contributed by atoms with Crippen molar-refractivity contribution in [2.75, 3.05) is 27.4 Å². The summed E-state index contributed by atoms with van der Waals surface area (Å²) >= 11 is 0. The van der Waals surface area contributed by atoms with E-state index in [0.29, 0.717) is 0 Å². The van der Waals surface area contributed by atoms with Crippen molar-refractivity contribution < 1.29 is 33.8 Å². The third kappa shape index (κ3) is 12.0. The maximum Gasteiger partial charge on any atom is 0.471 e. The van der Waals surface area contributed by atoms with Gasteiger partial charge in [0, 0.05) is 14.2 Å². The summed E-state index contributed by atoms with van der Waals surface area (Å²) in [6.07, 6.45) is -0.954. The number of aliphatic hydroxyl groups is 3. The number of aliphatic hydroxyl groups excluding tert-OH is 3. The monoisotopic (exact) mass is 218 g/mol. The van der Waals surface area contributed by atoms with Crippen molar-refractivity contribution >= 4 is 7.82 Å². The second-order valence-corrected chi connectivity index (χ2v) is 3.52. The Labute approximate surface area is 76.2 Å². The lowest BCUT2D eigenvalue weighted by Crippen LogP contribution is -2.15. The molecule has 0 aliphatic rings. The summed E-state index contributed by atoms with van der Waals surface area (Å²) < 4.78 is 18.0. The molecule has 0 aromatic heterocycles. The molecule has 0 aromatic rings. The standard InChI is InChI=1S/C3H8O3.C2H7O4P/c4-1-3(6)2-5;1-5-7(3,4)6-2/h3-6H,1-2H2;1-2H3,(H,3,4). The number of rotatable bonds is 4. The SMILES string of the molecule is COP(=O)(O)OC.OCC(O)CO. The van der Waals surface area contributed by atoms with Crippen LogP contribution in [-0.2, 0) is 13.6 Å². The quantitative estimate of drug-likeness (QED) is 0.434. The van der Waals surface area contributed by atoms with E-state index in [1.54, 1.807) is 0 Å².